The molecule has 2 fully saturated rings. The van der Waals surface area contributed by atoms with Crippen LogP contribution in [-0.2, 0) is 17.8 Å². The van der Waals surface area contributed by atoms with Crippen LogP contribution >= 0.6 is 0 Å². The van der Waals surface area contributed by atoms with Gasteiger partial charge in [-0.1, -0.05) is 42.5 Å². The Morgan fingerprint density at radius 3 is 2.71 bits per heavy atom. The number of imidazole rings is 1. The van der Waals surface area contributed by atoms with Gasteiger partial charge in [0, 0.05) is 37.0 Å². The lowest BCUT2D eigenvalue weighted by Gasteiger charge is -2.35. The van der Waals surface area contributed by atoms with Gasteiger partial charge in [0.1, 0.15) is 5.82 Å². The first-order valence-corrected chi connectivity index (χ1v) is 12.2. The number of fused-ring (bicyclic) bond motifs is 1. The third kappa shape index (κ3) is 4.37. The third-order valence-electron chi connectivity index (χ3n) is 7.43. The van der Waals surface area contributed by atoms with E-state index in [0.29, 0.717) is 18.5 Å². The third-order valence-corrected chi connectivity index (χ3v) is 7.43. The smallest absolute Gasteiger partial charge is 0.254 e. The summed E-state index contributed by atoms with van der Waals surface area (Å²) in [4.78, 5) is 32.9. The van der Waals surface area contributed by atoms with E-state index in [1.807, 2.05) is 49.5 Å². The van der Waals surface area contributed by atoms with Gasteiger partial charge in [-0.2, -0.15) is 0 Å². The minimum Gasteiger partial charge on any atom is -0.349 e. The number of amides is 2. The van der Waals surface area contributed by atoms with Crippen LogP contribution in [-0.4, -0.2) is 43.9 Å². The van der Waals surface area contributed by atoms with Crippen molar-refractivity contribution in [2.75, 3.05) is 0 Å². The Morgan fingerprint density at radius 1 is 1.15 bits per heavy atom. The Bertz CT molecular complexity index is 1190. The van der Waals surface area contributed by atoms with E-state index < -0.39 is 5.54 Å². The number of carbonyl (C=O) groups is 2. The summed E-state index contributed by atoms with van der Waals surface area (Å²) in [7, 11) is 0. The SMILES string of the molecule is Cc1nccn1Cc1cccc(C(=O)N2[C@H](Cc3ccccc3)C[C@]3(C)NC(=O)CCC[C@H]23)c1. The molecule has 2 aromatic carbocycles. The van der Waals surface area contributed by atoms with Crippen LogP contribution < -0.4 is 5.32 Å². The number of rotatable bonds is 5. The van der Waals surface area contributed by atoms with Crippen LogP contribution in [0.4, 0.5) is 0 Å². The minimum absolute atomic E-state index is 0.0142. The highest BCUT2D eigenvalue weighted by atomic mass is 16.2. The van der Waals surface area contributed by atoms with Gasteiger partial charge in [0.05, 0.1) is 11.6 Å². The number of nitrogens with one attached hydrogen (secondary N) is 1. The largest absolute Gasteiger partial charge is 0.349 e. The molecule has 0 saturated carbocycles. The molecule has 2 saturated heterocycles. The van der Waals surface area contributed by atoms with Crippen LogP contribution in [0, 0.1) is 6.92 Å². The normalized spacial score (nSPS) is 24.4. The molecule has 0 unspecified atom stereocenters. The van der Waals surface area contributed by atoms with Crippen molar-refractivity contribution in [1.82, 2.24) is 19.8 Å². The number of aryl methyl sites for hydroxylation is 1. The molecule has 2 aliphatic rings. The molecule has 2 amide bonds. The Morgan fingerprint density at radius 2 is 1.94 bits per heavy atom. The number of aromatic nitrogens is 2. The number of likely N-dealkylation sites (tertiary alicyclic amines) is 1. The van der Waals surface area contributed by atoms with E-state index in [4.69, 9.17) is 0 Å². The van der Waals surface area contributed by atoms with E-state index >= 15 is 0 Å². The standard InChI is InChI=1S/C28H32N4O2/c1-20-29-14-15-31(20)19-22-10-6-11-23(16-22)27(34)32-24(17-21-8-4-3-5-9-21)18-28(2)25(32)12-7-13-26(33)30-28/h3-6,8-11,14-16,24-25H,7,12-13,17-19H2,1-2H3,(H,30,33)/t24-,25+,28+/m1/s1. The number of nitrogens with zero attached hydrogens (tertiary/aromatic N) is 3. The molecule has 3 atom stereocenters. The van der Waals surface area contributed by atoms with Crippen LogP contribution in [0.2, 0.25) is 0 Å². The number of carbonyl (C=O) groups excluding carboxylic acids is 2. The van der Waals surface area contributed by atoms with Gasteiger partial charge in [0.2, 0.25) is 5.91 Å². The molecule has 0 aliphatic carbocycles. The zero-order valence-electron chi connectivity index (χ0n) is 19.9. The second-order valence-electron chi connectivity index (χ2n) is 9.94. The van der Waals surface area contributed by atoms with Gasteiger partial charge in [-0.05, 0) is 62.8 Å². The lowest BCUT2D eigenvalue weighted by Crippen LogP contribution is -2.54. The van der Waals surface area contributed by atoms with Gasteiger partial charge in [0.15, 0.2) is 0 Å². The molecule has 6 nitrogen and oxygen atoms in total. The number of hydrogen-bond acceptors (Lipinski definition) is 3. The molecule has 5 rings (SSSR count). The molecule has 1 N–H and O–H groups in total. The molecule has 176 valence electrons. The molecular formula is C28H32N4O2. The van der Waals surface area contributed by atoms with Crippen molar-refractivity contribution in [3.63, 3.8) is 0 Å². The highest BCUT2D eigenvalue weighted by Crippen LogP contribution is 2.40. The van der Waals surface area contributed by atoms with Crippen molar-refractivity contribution in [3.05, 3.63) is 89.5 Å². The fraction of sp³-hybridized carbons (Fsp3) is 0.393. The molecular weight excluding hydrogens is 424 g/mol. The molecule has 0 radical (unpaired) electrons. The monoisotopic (exact) mass is 456 g/mol. The van der Waals surface area contributed by atoms with Gasteiger partial charge < -0.3 is 14.8 Å². The van der Waals surface area contributed by atoms with Gasteiger partial charge >= 0.3 is 0 Å². The van der Waals surface area contributed by atoms with E-state index in [1.54, 1.807) is 6.20 Å². The number of hydrogen-bond donors (Lipinski definition) is 1. The van der Waals surface area contributed by atoms with Crippen molar-refractivity contribution >= 4 is 11.8 Å². The van der Waals surface area contributed by atoms with Gasteiger partial charge in [-0.15, -0.1) is 0 Å². The Kier molecular flexibility index (Phi) is 5.98. The summed E-state index contributed by atoms with van der Waals surface area (Å²) < 4.78 is 2.08. The summed E-state index contributed by atoms with van der Waals surface area (Å²) in [5.74, 6) is 1.09. The zero-order chi connectivity index (χ0) is 23.7. The summed E-state index contributed by atoms with van der Waals surface area (Å²) in [6.45, 7) is 4.77. The molecule has 2 aliphatic heterocycles. The fourth-order valence-electron chi connectivity index (χ4n) is 5.80. The van der Waals surface area contributed by atoms with Gasteiger partial charge in [0.25, 0.3) is 5.91 Å². The van der Waals surface area contributed by atoms with E-state index in [9.17, 15) is 9.59 Å². The van der Waals surface area contributed by atoms with Crippen LogP contribution in [0.15, 0.2) is 67.0 Å². The average Bonchev–Trinajstić information content (AvgIpc) is 3.29. The first kappa shape index (κ1) is 22.4. The van der Waals surface area contributed by atoms with Gasteiger partial charge in [-0.3, -0.25) is 9.59 Å². The quantitative estimate of drug-likeness (QED) is 0.628. The Balaban J connectivity index is 1.47. The lowest BCUT2D eigenvalue weighted by atomic mass is 9.88. The zero-order valence-corrected chi connectivity index (χ0v) is 19.9. The molecule has 0 spiro atoms. The predicted molar refractivity (Wildman–Crippen MR) is 131 cm³/mol. The maximum Gasteiger partial charge on any atom is 0.254 e. The maximum absolute atomic E-state index is 14.1. The van der Waals surface area contributed by atoms with E-state index in [-0.39, 0.29) is 23.9 Å². The maximum atomic E-state index is 14.1. The van der Waals surface area contributed by atoms with Crippen LogP contribution in [0.1, 0.15) is 59.9 Å². The number of benzene rings is 2. The summed E-state index contributed by atoms with van der Waals surface area (Å²) in [5.41, 5.74) is 2.57. The summed E-state index contributed by atoms with van der Waals surface area (Å²) in [5, 5.41) is 3.27. The second kappa shape index (κ2) is 9.09. The van der Waals surface area contributed by atoms with Crippen molar-refractivity contribution in [1.29, 1.82) is 0 Å². The van der Waals surface area contributed by atoms with Crippen LogP contribution in [0.3, 0.4) is 0 Å². The van der Waals surface area contributed by atoms with Crippen LogP contribution in [0.25, 0.3) is 0 Å². The molecule has 3 aromatic rings. The molecule has 0 bridgehead atoms. The minimum atomic E-state index is -0.409. The second-order valence-corrected chi connectivity index (χ2v) is 9.94. The van der Waals surface area contributed by atoms with Crippen molar-refractivity contribution in [2.45, 2.75) is 70.1 Å². The van der Waals surface area contributed by atoms with Crippen molar-refractivity contribution in [3.8, 4) is 0 Å². The molecule has 34 heavy (non-hydrogen) atoms. The molecule has 1 aromatic heterocycles. The summed E-state index contributed by atoms with van der Waals surface area (Å²) >= 11 is 0. The highest BCUT2D eigenvalue weighted by Gasteiger charge is 2.52. The fourth-order valence-corrected chi connectivity index (χ4v) is 5.80. The van der Waals surface area contributed by atoms with Crippen molar-refractivity contribution in [2.24, 2.45) is 0 Å². The lowest BCUT2D eigenvalue weighted by molar-refractivity contribution is -0.122. The summed E-state index contributed by atoms with van der Waals surface area (Å²) in [6.07, 6.45) is 7.45. The Hall–Kier alpha value is -3.41. The van der Waals surface area contributed by atoms with E-state index in [0.717, 1.165) is 37.1 Å². The van der Waals surface area contributed by atoms with E-state index in [2.05, 4.69) is 44.9 Å². The first-order valence-electron chi connectivity index (χ1n) is 12.2. The molecule has 3 heterocycles. The molecule has 6 heteroatoms. The first-order chi connectivity index (χ1) is 16.4. The summed E-state index contributed by atoms with van der Waals surface area (Å²) in [6, 6.07) is 18.3. The topological polar surface area (TPSA) is 67.2 Å². The van der Waals surface area contributed by atoms with Crippen LogP contribution in [0.5, 0.6) is 0 Å². The average molecular weight is 457 g/mol. The predicted octanol–water partition coefficient (Wildman–Crippen LogP) is 4.12. The van der Waals surface area contributed by atoms with Gasteiger partial charge in [-0.25, -0.2) is 4.98 Å². The van der Waals surface area contributed by atoms with E-state index in [1.165, 1.54) is 5.56 Å². The highest BCUT2D eigenvalue weighted by molar-refractivity contribution is 5.95. The van der Waals surface area contributed by atoms with Crippen molar-refractivity contribution < 1.29 is 9.59 Å². The Labute approximate surface area is 201 Å².